The first-order valence-corrected chi connectivity index (χ1v) is 8.77. The van der Waals surface area contributed by atoms with Gasteiger partial charge in [0.25, 0.3) is 0 Å². The Morgan fingerprint density at radius 3 is 2.91 bits per heavy atom. The number of nitrogens with one attached hydrogen (secondary N) is 2. The van der Waals surface area contributed by atoms with Gasteiger partial charge in [-0.1, -0.05) is 11.3 Å². The Kier molecular flexibility index (Phi) is 3.65. The van der Waals surface area contributed by atoms with E-state index < -0.39 is 0 Å². The van der Waals surface area contributed by atoms with E-state index in [1.54, 1.807) is 6.20 Å². The lowest BCUT2D eigenvalue weighted by atomic mass is 9.72. The van der Waals surface area contributed by atoms with Crippen LogP contribution in [0.25, 0.3) is 10.3 Å². The Balaban J connectivity index is 1.57. The fraction of sp³-hybridized carbons (Fsp3) is 0.600. The van der Waals surface area contributed by atoms with E-state index in [0.717, 1.165) is 37.1 Å². The van der Waals surface area contributed by atoms with Crippen LogP contribution in [0.15, 0.2) is 6.20 Å². The van der Waals surface area contributed by atoms with E-state index in [2.05, 4.69) is 25.6 Å². The minimum Gasteiger partial charge on any atom is -0.376 e. The highest BCUT2D eigenvalue weighted by atomic mass is 32.1. The van der Waals surface area contributed by atoms with E-state index in [0.29, 0.717) is 16.6 Å². The van der Waals surface area contributed by atoms with Crippen molar-refractivity contribution in [3.63, 3.8) is 0 Å². The Bertz CT molecular complexity index is 737. The van der Waals surface area contributed by atoms with Crippen molar-refractivity contribution < 1.29 is 9.53 Å². The van der Waals surface area contributed by atoms with E-state index in [1.807, 2.05) is 0 Å². The first-order valence-electron chi connectivity index (χ1n) is 7.96. The lowest BCUT2D eigenvalue weighted by molar-refractivity contribution is -0.114. The molecule has 1 saturated heterocycles. The molecule has 1 saturated carbocycles. The number of rotatable bonds is 4. The highest BCUT2D eigenvalue weighted by Gasteiger charge is 2.46. The molecule has 3 heterocycles. The molecule has 1 unspecified atom stereocenters. The van der Waals surface area contributed by atoms with E-state index >= 15 is 0 Å². The van der Waals surface area contributed by atoms with Crippen molar-refractivity contribution in [2.75, 3.05) is 17.2 Å². The van der Waals surface area contributed by atoms with Crippen LogP contribution in [0.2, 0.25) is 0 Å². The second-order valence-corrected chi connectivity index (χ2v) is 7.20. The highest BCUT2D eigenvalue weighted by Crippen LogP contribution is 2.42. The van der Waals surface area contributed by atoms with E-state index in [1.165, 1.54) is 24.7 Å². The van der Waals surface area contributed by atoms with Crippen LogP contribution in [-0.4, -0.2) is 39.1 Å². The zero-order valence-corrected chi connectivity index (χ0v) is 13.8. The molecule has 1 aliphatic heterocycles. The van der Waals surface area contributed by atoms with Crippen LogP contribution < -0.4 is 10.6 Å². The third-order valence-electron chi connectivity index (χ3n) is 4.59. The summed E-state index contributed by atoms with van der Waals surface area (Å²) in [4.78, 5) is 25.2. The smallest absolute Gasteiger partial charge is 0.224 e. The van der Waals surface area contributed by atoms with Gasteiger partial charge in [0.15, 0.2) is 9.96 Å². The number of aromatic nitrogens is 3. The molecule has 7 nitrogen and oxygen atoms in total. The lowest BCUT2D eigenvalue weighted by Crippen LogP contribution is -2.54. The summed E-state index contributed by atoms with van der Waals surface area (Å²) < 4.78 is 5.89. The highest BCUT2D eigenvalue weighted by molar-refractivity contribution is 7.21. The van der Waals surface area contributed by atoms with Crippen LogP contribution in [0.4, 0.5) is 11.1 Å². The van der Waals surface area contributed by atoms with E-state index in [9.17, 15) is 4.79 Å². The zero-order chi connectivity index (χ0) is 15.9. The van der Waals surface area contributed by atoms with Crippen molar-refractivity contribution in [1.82, 2.24) is 15.0 Å². The maximum Gasteiger partial charge on any atom is 0.224 e. The Morgan fingerprint density at radius 1 is 1.39 bits per heavy atom. The fourth-order valence-electron chi connectivity index (χ4n) is 3.32. The molecule has 2 aromatic heterocycles. The average molecular weight is 333 g/mol. The normalized spacial score (nSPS) is 22.7. The van der Waals surface area contributed by atoms with Crippen molar-refractivity contribution >= 4 is 38.7 Å². The molecule has 0 aromatic carbocycles. The largest absolute Gasteiger partial charge is 0.376 e. The van der Waals surface area contributed by atoms with Crippen LogP contribution >= 0.6 is 11.3 Å². The number of hydrogen-bond acceptors (Lipinski definition) is 7. The van der Waals surface area contributed by atoms with Gasteiger partial charge in [-0.15, -0.1) is 0 Å². The summed E-state index contributed by atoms with van der Waals surface area (Å²) in [5.74, 6) is 0.480. The number of fused-ring (bicyclic) bond motifs is 1. The Hall–Kier alpha value is -1.80. The van der Waals surface area contributed by atoms with Gasteiger partial charge >= 0.3 is 0 Å². The van der Waals surface area contributed by atoms with Gasteiger partial charge in [-0.2, -0.15) is 0 Å². The summed E-state index contributed by atoms with van der Waals surface area (Å²) in [5, 5.41) is 6.76. The standard InChI is InChI=1S/C15H19N5O2S/c1-9(21)17-14-18-10-8-16-13(19-12(10)23-14)20-15(5-3-6-15)11-4-2-7-22-11/h8,11H,2-7H2,1H3,(H,16,19,20)(H,17,18,21). The quantitative estimate of drug-likeness (QED) is 0.894. The molecule has 1 atom stereocenters. The zero-order valence-electron chi connectivity index (χ0n) is 13.0. The topological polar surface area (TPSA) is 89.0 Å². The van der Waals surface area contributed by atoms with Gasteiger partial charge in [0.05, 0.1) is 17.8 Å². The van der Waals surface area contributed by atoms with Crippen LogP contribution in [-0.2, 0) is 9.53 Å². The maximum atomic E-state index is 11.1. The molecule has 0 radical (unpaired) electrons. The fourth-order valence-corrected chi connectivity index (χ4v) is 4.18. The number of nitrogens with zero attached hydrogens (tertiary/aromatic N) is 3. The number of ether oxygens (including phenoxy) is 1. The van der Waals surface area contributed by atoms with Crippen molar-refractivity contribution in [3.8, 4) is 0 Å². The van der Waals surface area contributed by atoms with Crippen LogP contribution in [0.1, 0.15) is 39.0 Å². The second kappa shape index (κ2) is 5.68. The van der Waals surface area contributed by atoms with Crippen molar-refractivity contribution in [1.29, 1.82) is 0 Å². The van der Waals surface area contributed by atoms with E-state index in [-0.39, 0.29) is 17.6 Å². The molecule has 2 N–H and O–H groups in total. The summed E-state index contributed by atoms with van der Waals surface area (Å²) in [6.07, 6.45) is 7.59. The van der Waals surface area contributed by atoms with Gasteiger partial charge in [-0.25, -0.2) is 15.0 Å². The van der Waals surface area contributed by atoms with Gasteiger partial charge in [0, 0.05) is 13.5 Å². The minimum absolute atomic E-state index is 0.0185. The molecule has 1 amide bonds. The molecule has 2 aliphatic rings. The van der Waals surface area contributed by atoms with Gasteiger partial charge in [0.2, 0.25) is 11.9 Å². The second-order valence-electron chi connectivity index (χ2n) is 6.22. The molecule has 2 fully saturated rings. The Morgan fingerprint density at radius 2 is 2.26 bits per heavy atom. The average Bonchev–Trinajstić information content (AvgIpc) is 3.10. The number of hydrogen-bond donors (Lipinski definition) is 2. The molecular weight excluding hydrogens is 314 g/mol. The number of amides is 1. The number of carbonyl (C=O) groups is 1. The monoisotopic (exact) mass is 333 g/mol. The summed E-state index contributed by atoms with van der Waals surface area (Å²) >= 11 is 1.36. The number of carbonyl (C=O) groups excluding carboxylic acids is 1. The molecule has 1 aliphatic carbocycles. The summed E-state index contributed by atoms with van der Waals surface area (Å²) in [6.45, 7) is 2.32. The van der Waals surface area contributed by atoms with E-state index in [4.69, 9.17) is 4.74 Å². The Labute approximate surface area is 137 Å². The minimum atomic E-state index is -0.137. The molecule has 2 aromatic rings. The molecular formula is C15H19N5O2S. The summed E-state index contributed by atoms with van der Waals surface area (Å²) in [6, 6.07) is 0. The number of thiazole rings is 1. The predicted octanol–water partition coefficient (Wildman–Crippen LogP) is 2.56. The predicted molar refractivity (Wildman–Crippen MR) is 88.7 cm³/mol. The summed E-state index contributed by atoms with van der Waals surface area (Å²) in [7, 11) is 0. The van der Waals surface area contributed by atoms with Gasteiger partial charge in [0.1, 0.15) is 5.52 Å². The molecule has 4 rings (SSSR count). The van der Waals surface area contributed by atoms with Crippen LogP contribution in [0, 0.1) is 0 Å². The number of anilines is 2. The first kappa shape index (κ1) is 14.8. The first-order chi connectivity index (χ1) is 11.1. The molecule has 0 spiro atoms. The third kappa shape index (κ3) is 2.76. The lowest BCUT2D eigenvalue weighted by Gasteiger charge is -2.46. The van der Waals surface area contributed by atoms with Crippen LogP contribution in [0.5, 0.6) is 0 Å². The van der Waals surface area contributed by atoms with Gasteiger partial charge in [-0.05, 0) is 32.1 Å². The van der Waals surface area contributed by atoms with Crippen LogP contribution in [0.3, 0.4) is 0 Å². The van der Waals surface area contributed by atoms with Gasteiger partial charge < -0.3 is 15.4 Å². The van der Waals surface area contributed by atoms with Crippen molar-refractivity contribution in [2.24, 2.45) is 0 Å². The third-order valence-corrected chi connectivity index (χ3v) is 5.47. The SMILES string of the molecule is CC(=O)Nc1nc2cnc(NC3(C4CCCO4)CCC3)nc2s1. The van der Waals surface area contributed by atoms with Crippen molar-refractivity contribution in [3.05, 3.63) is 6.20 Å². The van der Waals surface area contributed by atoms with Crippen molar-refractivity contribution in [2.45, 2.75) is 50.7 Å². The summed E-state index contributed by atoms with van der Waals surface area (Å²) in [5.41, 5.74) is 0.680. The van der Waals surface area contributed by atoms with Gasteiger partial charge in [-0.3, -0.25) is 4.79 Å². The maximum absolute atomic E-state index is 11.1. The molecule has 0 bridgehead atoms. The molecule has 122 valence electrons. The molecule has 23 heavy (non-hydrogen) atoms. The molecule has 8 heteroatoms.